The molecule has 0 aliphatic rings. The Balaban J connectivity index is 1.29. The number of hydrogen-bond donors (Lipinski definition) is 1. The third kappa shape index (κ3) is 5.64. The van der Waals surface area contributed by atoms with Gasteiger partial charge in [-0.05, 0) is 48.2 Å². The van der Waals surface area contributed by atoms with Gasteiger partial charge in [-0.2, -0.15) is 0 Å². The first kappa shape index (κ1) is 20.9. The molecule has 4 aromatic rings. The number of rotatable bonds is 8. The molecule has 0 spiro atoms. The van der Waals surface area contributed by atoms with Gasteiger partial charge in [0.15, 0.2) is 5.16 Å². The average Bonchev–Trinajstić information content (AvgIpc) is 3.43. The molecule has 0 radical (unpaired) electrons. The van der Waals surface area contributed by atoms with Crippen LogP contribution in [0.3, 0.4) is 0 Å². The quantitative estimate of drug-likeness (QED) is 0.426. The number of thioether (sulfide) groups is 1. The lowest BCUT2D eigenvalue weighted by Gasteiger charge is -2.10. The van der Waals surface area contributed by atoms with Crippen LogP contribution < -0.4 is 5.32 Å². The van der Waals surface area contributed by atoms with Crippen LogP contribution in [0.5, 0.6) is 0 Å². The Labute approximate surface area is 186 Å². The first-order chi connectivity index (χ1) is 15.1. The maximum absolute atomic E-state index is 12.4. The summed E-state index contributed by atoms with van der Waals surface area (Å²) in [6, 6.07) is 14.6. The van der Waals surface area contributed by atoms with E-state index < -0.39 is 0 Å². The second kappa shape index (κ2) is 9.66. The van der Waals surface area contributed by atoms with E-state index in [2.05, 4.69) is 59.5 Å². The first-order valence-corrected chi connectivity index (χ1v) is 11.1. The van der Waals surface area contributed by atoms with Gasteiger partial charge >= 0.3 is 0 Å². The van der Waals surface area contributed by atoms with E-state index in [0.29, 0.717) is 12.3 Å². The topological polar surface area (TPSA) is 64.7 Å². The molecular formula is C24H25N5OS. The van der Waals surface area contributed by atoms with Gasteiger partial charge in [0.1, 0.15) is 0 Å². The molecule has 1 N–H and O–H groups in total. The minimum absolute atomic E-state index is 0.0116. The molecule has 1 amide bonds. The Morgan fingerprint density at radius 3 is 2.45 bits per heavy atom. The molecule has 4 rings (SSSR count). The van der Waals surface area contributed by atoms with E-state index in [-0.39, 0.29) is 5.91 Å². The van der Waals surface area contributed by atoms with Gasteiger partial charge in [-0.3, -0.25) is 9.36 Å². The van der Waals surface area contributed by atoms with Gasteiger partial charge in [0.05, 0.1) is 12.1 Å². The minimum atomic E-state index is -0.0116. The van der Waals surface area contributed by atoms with Crippen molar-refractivity contribution in [1.29, 1.82) is 0 Å². The lowest BCUT2D eigenvalue weighted by molar-refractivity contribution is -0.118. The van der Waals surface area contributed by atoms with Gasteiger partial charge in [0, 0.05) is 43.6 Å². The largest absolute Gasteiger partial charge is 0.351 e. The molecule has 0 aliphatic carbocycles. The summed E-state index contributed by atoms with van der Waals surface area (Å²) in [5, 5.41) is 3.80. The lowest BCUT2D eigenvalue weighted by atomic mass is 10.1. The highest BCUT2D eigenvalue weighted by Crippen LogP contribution is 2.22. The van der Waals surface area contributed by atoms with Crippen LogP contribution in [0.25, 0.3) is 5.69 Å². The van der Waals surface area contributed by atoms with Gasteiger partial charge < -0.3 is 9.88 Å². The molecule has 0 saturated heterocycles. The van der Waals surface area contributed by atoms with Crippen molar-refractivity contribution in [2.75, 3.05) is 5.75 Å². The number of amides is 1. The van der Waals surface area contributed by atoms with Crippen molar-refractivity contribution in [3.05, 3.63) is 95.8 Å². The Kier molecular flexibility index (Phi) is 6.52. The Bertz CT molecular complexity index is 1130. The van der Waals surface area contributed by atoms with Gasteiger partial charge in [-0.1, -0.05) is 42.1 Å². The smallest absolute Gasteiger partial charge is 0.230 e. The number of carbonyl (C=O) groups excluding carboxylic acids is 1. The van der Waals surface area contributed by atoms with E-state index in [0.717, 1.165) is 23.0 Å². The molecule has 0 unspecified atom stereocenters. The molecule has 7 heteroatoms. The summed E-state index contributed by atoms with van der Waals surface area (Å²) < 4.78 is 4.05. The predicted octanol–water partition coefficient (Wildman–Crippen LogP) is 4.14. The van der Waals surface area contributed by atoms with Crippen LogP contribution in [0.2, 0.25) is 0 Å². The number of aromatic nitrogens is 4. The molecule has 2 heterocycles. The Morgan fingerprint density at radius 1 is 1.00 bits per heavy atom. The summed E-state index contributed by atoms with van der Waals surface area (Å²) in [6.45, 7) is 5.46. The molecule has 31 heavy (non-hydrogen) atoms. The van der Waals surface area contributed by atoms with Crippen molar-refractivity contribution in [2.24, 2.45) is 0 Å². The zero-order valence-electron chi connectivity index (χ0n) is 17.7. The molecule has 2 aromatic carbocycles. The second-order valence-electron chi connectivity index (χ2n) is 7.54. The van der Waals surface area contributed by atoms with Crippen LogP contribution in [0.4, 0.5) is 0 Å². The molecule has 6 nitrogen and oxygen atoms in total. The standard InChI is InChI=1S/C24H25N5OS/c1-18-11-19(2)13-22(12-18)29-10-8-26-24(29)31-16-23(30)27-14-20-3-5-21(6-4-20)15-28-9-7-25-17-28/h3-13,17H,14-16H2,1-2H3,(H,27,30). The van der Waals surface area contributed by atoms with Crippen LogP contribution in [0.15, 0.2) is 78.7 Å². The summed E-state index contributed by atoms with van der Waals surface area (Å²) in [4.78, 5) is 20.8. The summed E-state index contributed by atoms with van der Waals surface area (Å²) >= 11 is 1.44. The maximum Gasteiger partial charge on any atom is 0.230 e. The lowest BCUT2D eigenvalue weighted by Crippen LogP contribution is -2.24. The normalized spacial score (nSPS) is 10.9. The first-order valence-electron chi connectivity index (χ1n) is 10.1. The third-order valence-electron chi connectivity index (χ3n) is 4.86. The van der Waals surface area contributed by atoms with Crippen molar-refractivity contribution in [3.8, 4) is 5.69 Å². The fraction of sp³-hybridized carbons (Fsp3) is 0.208. The number of nitrogens with zero attached hydrogens (tertiary/aromatic N) is 4. The number of nitrogens with one attached hydrogen (secondary N) is 1. The summed E-state index contributed by atoms with van der Waals surface area (Å²) in [5.41, 5.74) is 5.74. The third-order valence-corrected chi connectivity index (χ3v) is 5.83. The molecule has 158 valence electrons. The fourth-order valence-corrected chi connectivity index (χ4v) is 4.22. The highest BCUT2D eigenvalue weighted by atomic mass is 32.2. The Morgan fingerprint density at radius 2 is 1.74 bits per heavy atom. The predicted molar refractivity (Wildman–Crippen MR) is 123 cm³/mol. The van der Waals surface area contributed by atoms with Crippen LogP contribution in [0, 0.1) is 13.8 Å². The molecule has 0 aliphatic heterocycles. The highest BCUT2D eigenvalue weighted by Gasteiger charge is 2.10. The Hall–Kier alpha value is -3.32. The van der Waals surface area contributed by atoms with Gasteiger partial charge in [-0.15, -0.1) is 0 Å². The van der Waals surface area contributed by atoms with E-state index in [1.54, 1.807) is 18.7 Å². The minimum Gasteiger partial charge on any atom is -0.351 e. The van der Waals surface area contributed by atoms with Crippen LogP contribution in [-0.2, 0) is 17.9 Å². The van der Waals surface area contributed by atoms with Crippen LogP contribution in [-0.4, -0.2) is 30.8 Å². The molecule has 0 atom stereocenters. The van der Waals surface area contributed by atoms with E-state index in [1.165, 1.54) is 28.5 Å². The zero-order chi connectivity index (χ0) is 21.6. The highest BCUT2D eigenvalue weighted by molar-refractivity contribution is 7.99. The van der Waals surface area contributed by atoms with Crippen LogP contribution in [0.1, 0.15) is 22.3 Å². The van der Waals surface area contributed by atoms with E-state index >= 15 is 0 Å². The van der Waals surface area contributed by atoms with Crippen molar-refractivity contribution < 1.29 is 4.79 Å². The van der Waals surface area contributed by atoms with E-state index in [4.69, 9.17) is 0 Å². The summed E-state index contributed by atoms with van der Waals surface area (Å²) in [5.74, 6) is 0.308. The molecule has 2 aromatic heterocycles. The van der Waals surface area contributed by atoms with Crippen LogP contribution >= 0.6 is 11.8 Å². The molecule has 0 fully saturated rings. The van der Waals surface area contributed by atoms with Crippen molar-refractivity contribution in [1.82, 2.24) is 24.4 Å². The number of imidazole rings is 2. The fourth-order valence-electron chi connectivity index (χ4n) is 3.42. The molecule has 0 saturated carbocycles. The van der Waals surface area contributed by atoms with E-state index in [1.807, 2.05) is 33.7 Å². The maximum atomic E-state index is 12.4. The van der Waals surface area contributed by atoms with Gasteiger partial charge in [-0.25, -0.2) is 9.97 Å². The van der Waals surface area contributed by atoms with Gasteiger partial charge in [0.2, 0.25) is 5.91 Å². The summed E-state index contributed by atoms with van der Waals surface area (Å²) in [6.07, 6.45) is 9.22. The monoisotopic (exact) mass is 431 g/mol. The number of carbonyl (C=O) groups is 1. The number of hydrogen-bond acceptors (Lipinski definition) is 4. The second-order valence-corrected chi connectivity index (χ2v) is 8.49. The van der Waals surface area contributed by atoms with Crippen molar-refractivity contribution in [2.45, 2.75) is 32.1 Å². The number of aryl methyl sites for hydroxylation is 2. The zero-order valence-corrected chi connectivity index (χ0v) is 18.5. The van der Waals surface area contributed by atoms with Crippen molar-refractivity contribution >= 4 is 17.7 Å². The van der Waals surface area contributed by atoms with Gasteiger partial charge in [0.25, 0.3) is 0 Å². The molecular weight excluding hydrogens is 406 g/mol. The number of benzene rings is 2. The summed E-state index contributed by atoms with van der Waals surface area (Å²) in [7, 11) is 0. The van der Waals surface area contributed by atoms with Crippen molar-refractivity contribution in [3.63, 3.8) is 0 Å². The SMILES string of the molecule is Cc1cc(C)cc(-n2ccnc2SCC(=O)NCc2ccc(Cn3ccnc3)cc2)c1. The average molecular weight is 432 g/mol. The molecule has 0 bridgehead atoms. The van der Waals surface area contributed by atoms with E-state index in [9.17, 15) is 4.79 Å².